The van der Waals surface area contributed by atoms with Gasteiger partial charge in [-0.1, -0.05) is 18.9 Å². The second-order valence-electron chi connectivity index (χ2n) is 7.53. The van der Waals surface area contributed by atoms with Crippen LogP contribution >= 0.6 is 0 Å². The summed E-state index contributed by atoms with van der Waals surface area (Å²) >= 11 is 0. The Morgan fingerprint density at radius 2 is 1.87 bits per heavy atom. The van der Waals surface area contributed by atoms with Crippen molar-refractivity contribution < 1.29 is 14.4 Å². The first kappa shape index (κ1) is 22.3. The molecule has 10 heteroatoms. The summed E-state index contributed by atoms with van der Waals surface area (Å²) in [6, 6.07) is 5.89. The van der Waals surface area contributed by atoms with E-state index in [1.165, 1.54) is 17.1 Å². The van der Waals surface area contributed by atoms with Gasteiger partial charge in [0, 0.05) is 31.5 Å². The Hall–Kier alpha value is -3.43. The average Bonchev–Trinajstić information content (AvgIpc) is 3.43. The SMILES string of the molecule is O=C(Cn1cc(NC(=O)C(=O)NCCCCNc2ccccn2)cn1)NC1CCCC1. The number of carbonyl (C=O) groups is 3. The van der Waals surface area contributed by atoms with Crippen molar-refractivity contribution >= 4 is 29.2 Å². The number of hydrogen-bond donors (Lipinski definition) is 4. The van der Waals surface area contributed by atoms with Crippen LogP contribution in [0.1, 0.15) is 38.5 Å². The van der Waals surface area contributed by atoms with Gasteiger partial charge in [0.05, 0.1) is 11.9 Å². The fourth-order valence-corrected chi connectivity index (χ4v) is 3.41. The first-order valence-electron chi connectivity index (χ1n) is 10.7. The van der Waals surface area contributed by atoms with Crippen molar-refractivity contribution in [1.82, 2.24) is 25.4 Å². The highest BCUT2D eigenvalue weighted by Gasteiger charge is 2.18. The summed E-state index contributed by atoms with van der Waals surface area (Å²) in [5, 5.41) is 15.3. The number of unbranched alkanes of at least 4 members (excludes halogenated alkanes) is 1. The standard InChI is InChI=1S/C21H29N7O3/c29-19(26-16-7-1-2-8-16)15-28-14-17(13-25-28)27-21(31)20(30)24-12-6-5-11-23-18-9-3-4-10-22-18/h3-4,9-10,13-14,16H,1-2,5-8,11-12,15H2,(H,22,23)(H,24,30)(H,26,29)(H,27,31). The molecule has 0 radical (unpaired) electrons. The van der Waals surface area contributed by atoms with E-state index in [9.17, 15) is 14.4 Å². The van der Waals surface area contributed by atoms with Crippen molar-refractivity contribution in [2.75, 3.05) is 23.7 Å². The van der Waals surface area contributed by atoms with Crippen LogP contribution in [0.4, 0.5) is 11.5 Å². The Morgan fingerprint density at radius 3 is 2.65 bits per heavy atom. The fraction of sp³-hybridized carbons (Fsp3) is 0.476. The summed E-state index contributed by atoms with van der Waals surface area (Å²) in [7, 11) is 0. The number of nitrogens with one attached hydrogen (secondary N) is 4. The lowest BCUT2D eigenvalue weighted by Gasteiger charge is -2.11. The number of hydrogen-bond acceptors (Lipinski definition) is 6. The molecule has 0 saturated heterocycles. The van der Waals surface area contributed by atoms with E-state index >= 15 is 0 Å². The normalized spacial score (nSPS) is 13.5. The quantitative estimate of drug-likeness (QED) is 0.334. The second-order valence-corrected chi connectivity index (χ2v) is 7.53. The summed E-state index contributed by atoms with van der Waals surface area (Å²) in [5.74, 6) is -0.767. The number of aromatic nitrogens is 3. The highest BCUT2D eigenvalue weighted by molar-refractivity contribution is 6.39. The van der Waals surface area contributed by atoms with Crippen LogP contribution in [0.2, 0.25) is 0 Å². The highest BCUT2D eigenvalue weighted by atomic mass is 16.2. The second kappa shape index (κ2) is 11.7. The zero-order valence-corrected chi connectivity index (χ0v) is 17.5. The Morgan fingerprint density at radius 1 is 1.06 bits per heavy atom. The molecule has 1 aliphatic rings. The molecular weight excluding hydrogens is 398 g/mol. The molecule has 3 rings (SSSR count). The molecule has 1 aliphatic carbocycles. The summed E-state index contributed by atoms with van der Waals surface area (Å²) in [6.45, 7) is 1.20. The molecule has 0 aromatic carbocycles. The van der Waals surface area contributed by atoms with Crippen LogP contribution in [0.5, 0.6) is 0 Å². The fourth-order valence-electron chi connectivity index (χ4n) is 3.41. The number of amides is 3. The van der Waals surface area contributed by atoms with E-state index in [0.29, 0.717) is 12.2 Å². The summed E-state index contributed by atoms with van der Waals surface area (Å²) in [5.41, 5.74) is 0.369. The molecule has 3 amide bonds. The van der Waals surface area contributed by atoms with E-state index in [1.807, 2.05) is 18.2 Å². The van der Waals surface area contributed by atoms with Gasteiger partial charge in [-0.3, -0.25) is 19.1 Å². The van der Waals surface area contributed by atoms with E-state index in [4.69, 9.17) is 0 Å². The van der Waals surface area contributed by atoms with Crippen LogP contribution in [-0.2, 0) is 20.9 Å². The van der Waals surface area contributed by atoms with Crippen LogP contribution in [0.25, 0.3) is 0 Å². The van der Waals surface area contributed by atoms with Gasteiger partial charge >= 0.3 is 11.8 Å². The lowest BCUT2D eigenvalue weighted by Crippen LogP contribution is -2.36. The number of nitrogens with zero attached hydrogens (tertiary/aromatic N) is 3. The van der Waals surface area contributed by atoms with Gasteiger partial charge in [-0.25, -0.2) is 4.98 Å². The minimum atomic E-state index is -0.762. The molecule has 1 fully saturated rings. The monoisotopic (exact) mass is 427 g/mol. The minimum Gasteiger partial charge on any atom is -0.370 e. The maximum absolute atomic E-state index is 12.1. The Bertz CT molecular complexity index is 863. The summed E-state index contributed by atoms with van der Waals surface area (Å²) in [4.78, 5) is 40.2. The predicted octanol–water partition coefficient (Wildman–Crippen LogP) is 1.28. The largest absolute Gasteiger partial charge is 0.370 e. The van der Waals surface area contributed by atoms with E-state index < -0.39 is 11.8 Å². The highest BCUT2D eigenvalue weighted by Crippen LogP contribution is 2.17. The number of carbonyl (C=O) groups excluding carboxylic acids is 3. The molecule has 0 atom stereocenters. The van der Waals surface area contributed by atoms with Gasteiger partial charge in [0.25, 0.3) is 0 Å². The van der Waals surface area contributed by atoms with Gasteiger partial charge in [0.2, 0.25) is 5.91 Å². The molecular formula is C21H29N7O3. The molecule has 31 heavy (non-hydrogen) atoms. The Balaban J connectivity index is 1.29. The maximum atomic E-state index is 12.1. The third kappa shape index (κ3) is 7.72. The summed E-state index contributed by atoms with van der Waals surface area (Å²) in [6.07, 6.45) is 10.5. The average molecular weight is 428 g/mol. The van der Waals surface area contributed by atoms with Crippen LogP contribution in [-0.4, -0.2) is 51.6 Å². The molecule has 4 N–H and O–H groups in total. The lowest BCUT2D eigenvalue weighted by molar-refractivity contribution is -0.136. The maximum Gasteiger partial charge on any atom is 0.313 e. The first-order chi connectivity index (χ1) is 15.1. The molecule has 10 nitrogen and oxygen atoms in total. The van der Waals surface area contributed by atoms with Crippen LogP contribution < -0.4 is 21.3 Å². The molecule has 1 saturated carbocycles. The van der Waals surface area contributed by atoms with E-state index in [-0.39, 0.29) is 18.5 Å². The molecule has 2 aromatic rings. The van der Waals surface area contributed by atoms with Gasteiger partial charge in [0.15, 0.2) is 0 Å². The van der Waals surface area contributed by atoms with Crippen molar-refractivity contribution in [2.24, 2.45) is 0 Å². The zero-order valence-electron chi connectivity index (χ0n) is 17.5. The topological polar surface area (TPSA) is 130 Å². The molecule has 2 heterocycles. The predicted molar refractivity (Wildman–Crippen MR) is 116 cm³/mol. The molecule has 0 unspecified atom stereocenters. The van der Waals surface area contributed by atoms with Crippen molar-refractivity contribution in [1.29, 1.82) is 0 Å². The molecule has 166 valence electrons. The van der Waals surface area contributed by atoms with Crippen LogP contribution in [0, 0.1) is 0 Å². The molecule has 0 bridgehead atoms. The number of rotatable bonds is 10. The Kier molecular flexibility index (Phi) is 8.39. The van der Waals surface area contributed by atoms with Gasteiger partial charge in [-0.2, -0.15) is 5.10 Å². The van der Waals surface area contributed by atoms with Crippen LogP contribution in [0.3, 0.4) is 0 Å². The smallest absolute Gasteiger partial charge is 0.313 e. The number of pyridine rings is 1. The lowest BCUT2D eigenvalue weighted by atomic mass is 10.2. The Labute approximate surface area is 181 Å². The number of anilines is 2. The zero-order chi connectivity index (χ0) is 21.9. The van der Waals surface area contributed by atoms with Crippen molar-refractivity contribution in [3.05, 3.63) is 36.8 Å². The van der Waals surface area contributed by atoms with Gasteiger partial charge < -0.3 is 21.3 Å². The summed E-state index contributed by atoms with van der Waals surface area (Å²) < 4.78 is 1.44. The van der Waals surface area contributed by atoms with Crippen molar-refractivity contribution in [2.45, 2.75) is 51.1 Å². The van der Waals surface area contributed by atoms with E-state index in [2.05, 4.69) is 31.3 Å². The molecule has 2 aromatic heterocycles. The minimum absolute atomic E-state index is 0.0745. The van der Waals surface area contributed by atoms with E-state index in [1.54, 1.807) is 6.20 Å². The van der Waals surface area contributed by atoms with Crippen molar-refractivity contribution in [3.63, 3.8) is 0 Å². The third-order valence-electron chi connectivity index (χ3n) is 4.98. The van der Waals surface area contributed by atoms with E-state index in [0.717, 1.165) is 50.9 Å². The molecule has 0 aliphatic heterocycles. The first-order valence-corrected chi connectivity index (χ1v) is 10.7. The molecule has 0 spiro atoms. The van der Waals surface area contributed by atoms with Gasteiger partial charge in [0.1, 0.15) is 12.4 Å². The van der Waals surface area contributed by atoms with Gasteiger partial charge in [-0.05, 0) is 37.8 Å². The van der Waals surface area contributed by atoms with Gasteiger partial charge in [-0.15, -0.1) is 0 Å². The van der Waals surface area contributed by atoms with Crippen molar-refractivity contribution in [3.8, 4) is 0 Å². The third-order valence-corrected chi connectivity index (χ3v) is 4.98. The van der Waals surface area contributed by atoms with Crippen LogP contribution in [0.15, 0.2) is 36.8 Å².